The summed E-state index contributed by atoms with van der Waals surface area (Å²) < 4.78 is 0. The molecule has 0 saturated carbocycles. The predicted molar refractivity (Wildman–Crippen MR) is 72.3 cm³/mol. The molecule has 0 fully saturated rings. The van der Waals surface area contributed by atoms with E-state index in [-0.39, 0.29) is 17.7 Å². The van der Waals surface area contributed by atoms with Crippen LogP contribution >= 0.6 is 11.6 Å². The fraction of sp³-hybridized carbons (Fsp3) is 0.500. The summed E-state index contributed by atoms with van der Waals surface area (Å²) in [5.74, 6) is 0.274. The second kappa shape index (κ2) is 6.65. The Morgan fingerprint density at radius 1 is 1.29 bits per heavy atom. The molecule has 0 aliphatic rings. The lowest BCUT2D eigenvalue weighted by Crippen LogP contribution is -2.32. The molecule has 1 aromatic rings. The molecule has 94 valence electrons. The van der Waals surface area contributed by atoms with E-state index >= 15 is 0 Å². The number of carbonyl (C=O) groups is 1. The van der Waals surface area contributed by atoms with Crippen molar-refractivity contribution in [3.63, 3.8) is 0 Å². The maximum atomic E-state index is 12.1. The Morgan fingerprint density at radius 3 is 2.35 bits per heavy atom. The Balaban J connectivity index is 2.85. The van der Waals surface area contributed by atoms with Crippen LogP contribution in [0.15, 0.2) is 24.3 Å². The molecule has 2 nitrogen and oxygen atoms in total. The van der Waals surface area contributed by atoms with Crippen LogP contribution < -0.4 is 5.32 Å². The zero-order valence-electron chi connectivity index (χ0n) is 10.7. The quantitative estimate of drug-likeness (QED) is 0.854. The van der Waals surface area contributed by atoms with E-state index in [2.05, 4.69) is 19.2 Å². The van der Waals surface area contributed by atoms with E-state index < -0.39 is 0 Å². The van der Waals surface area contributed by atoms with Gasteiger partial charge in [-0.2, -0.15) is 0 Å². The molecule has 0 spiro atoms. The van der Waals surface area contributed by atoms with Crippen molar-refractivity contribution in [2.75, 3.05) is 6.54 Å². The van der Waals surface area contributed by atoms with Crippen molar-refractivity contribution in [2.45, 2.75) is 33.1 Å². The van der Waals surface area contributed by atoms with E-state index in [1.54, 1.807) is 0 Å². The third-order valence-electron chi connectivity index (χ3n) is 2.73. The number of benzene rings is 1. The molecule has 1 atom stereocenters. The van der Waals surface area contributed by atoms with E-state index in [9.17, 15) is 4.79 Å². The highest BCUT2D eigenvalue weighted by Gasteiger charge is 2.23. The third-order valence-corrected chi connectivity index (χ3v) is 2.98. The molecule has 1 amide bonds. The van der Waals surface area contributed by atoms with Crippen molar-refractivity contribution in [1.29, 1.82) is 0 Å². The molecule has 0 saturated heterocycles. The molecule has 0 unspecified atom stereocenters. The second-order valence-corrected chi connectivity index (χ2v) is 5.00. The van der Waals surface area contributed by atoms with Crippen LogP contribution in [-0.2, 0) is 4.79 Å². The first kappa shape index (κ1) is 14.0. The van der Waals surface area contributed by atoms with Gasteiger partial charge >= 0.3 is 0 Å². The van der Waals surface area contributed by atoms with Gasteiger partial charge < -0.3 is 5.32 Å². The first-order chi connectivity index (χ1) is 8.06. The van der Waals surface area contributed by atoms with Gasteiger partial charge in [-0.15, -0.1) is 0 Å². The normalized spacial score (nSPS) is 12.5. The number of hydrogen-bond acceptors (Lipinski definition) is 1. The topological polar surface area (TPSA) is 29.1 Å². The lowest BCUT2D eigenvalue weighted by molar-refractivity contribution is -0.123. The van der Waals surface area contributed by atoms with E-state index in [1.807, 2.05) is 31.2 Å². The molecule has 0 aromatic heterocycles. The van der Waals surface area contributed by atoms with E-state index in [0.29, 0.717) is 5.02 Å². The smallest absolute Gasteiger partial charge is 0.227 e. The molecule has 1 N–H and O–H groups in total. The van der Waals surface area contributed by atoms with Crippen molar-refractivity contribution in [1.82, 2.24) is 5.32 Å². The van der Waals surface area contributed by atoms with Crippen LogP contribution in [0.5, 0.6) is 0 Å². The molecule has 0 bridgehead atoms. The van der Waals surface area contributed by atoms with Gasteiger partial charge in [0.2, 0.25) is 5.91 Å². The Bertz CT molecular complexity index is 359. The van der Waals surface area contributed by atoms with Crippen molar-refractivity contribution < 1.29 is 4.79 Å². The molecule has 17 heavy (non-hydrogen) atoms. The summed E-state index contributed by atoms with van der Waals surface area (Å²) >= 11 is 5.86. The summed E-state index contributed by atoms with van der Waals surface area (Å²) in [4.78, 5) is 12.1. The maximum absolute atomic E-state index is 12.1. The van der Waals surface area contributed by atoms with Gasteiger partial charge in [-0.3, -0.25) is 4.79 Å². The Morgan fingerprint density at radius 2 is 1.88 bits per heavy atom. The summed E-state index contributed by atoms with van der Waals surface area (Å²) in [5.41, 5.74) is 1.03. The van der Waals surface area contributed by atoms with E-state index in [1.165, 1.54) is 0 Å². The minimum Gasteiger partial charge on any atom is -0.356 e. The van der Waals surface area contributed by atoms with Crippen LogP contribution in [0.25, 0.3) is 0 Å². The zero-order chi connectivity index (χ0) is 12.8. The van der Waals surface area contributed by atoms with Gasteiger partial charge in [0.05, 0.1) is 5.92 Å². The average Bonchev–Trinajstić information content (AvgIpc) is 2.29. The monoisotopic (exact) mass is 253 g/mol. The molecule has 1 rings (SSSR count). The summed E-state index contributed by atoms with van der Waals surface area (Å²) in [6, 6.07) is 7.52. The highest BCUT2D eigenvalue weighted by atomic mass is 35.5. The number of carbonyl (C=O) groups excluding carboxylic acids is 1. The van der Waals surface area contributed by atoms with Crippen LogP contribution in [-0.4, -0.2) is 12.5 Å². The number of halogens is 1. The van der Waals surface area contributed by atoms with Crippen molar-refractivity contribution in [3.8, 4) is 0 Å². The van der Waals surface area contributed by atoms with Crippen LogP contribution in [0.4, 0.5) is 0 Å². The van der Waals surface area contributed by atoms with Crippen molar-refractivity contribution in [2.24, 2.45) is 5.92 Å². The Kier molecular flexibility index (Phi) is 5.49. The molecule has 3 heteroatoms. The minimum atomic E-state index is -0.0983. The fourth-order valence-electron chi connectivity index (χ4n) is 1.87. The molecule has 0 heterocycles. The van der Waals surface area contributed by atoms with Crippen LogP contribution in [0, 0.1) is 5.92 Å². The maximum Gasteiger partial charge on any atom is 0.227 e. The van der Waals surface area contributed by atoms with Crippen LogP contribution in [0.1, 0.15) is 38.7 Å². The van der Waals surface area contributed by atoms with Gasteiger partial charge in [-0.25, -0.2) is 0 Å². The van der Waals surface area contributed by atoms with Gasteiger partial charge in [-0.05, 0) is 30.0 Å². The summed E-state index contributed by atoms with van der Waals surface area (Å²) in [6.07, 6.45) is 0.956. The third kappa shape index (κ3) is 4.04. The number of nitrogens with one attached hydrogen (secondary N) is 1. The summed E-state index contributed by atoms with van der Waals surface area (Å²) in [5, 5.41) is 3.65. The predicted octanol–water partition coefficient (Wildman–Crippen LogP) is 3.61. The highest BCUT2D eigenvalue weighted by molar-refractivity contribution is 6.30. The number of rotatable bonds is 5. The lowest BCUT2D eigenvalue weighted by atomic mass is 9.87. The van der Waals surface area contributed by atoms with Gasteiger partial charge in [0, 0.05) is 11.6 Å². The molecule has 0 aliphatic heterocycles. The molecular weight excluding hydrogens is 234 g/mol. The minimum absolute atomic E-state index is 0.0983. The van der Waals surface area contributed by atoms with E-state index in [0.717, 1.165) is 18.5 Å². The number of amides is 1. The van der Waals surface area contributed by atoms with Gasteiger partial charge in [0.25, 0.3) is 0 Å². The van der Waals surface area contributed by atoms with Gasteiger partial charge in [-0.1, -0.05) is 44.5 Å². The largest absolute Gasteiger partial charge is 0.356 e. The molecule has 0 aliphatic carbocycles. The van der Waals surface area contributed by atoms with Crippen molar-refractivity contribution >= 4 is 17.5 Å². The second-order valence-electron chi connectivity index (χ2n) is 4.56. The lowest BCUT2D eigenvalue weighted by Gasteiger charge is -2.20. The average molecular weight is 254 g/mol. The SMILES string of the molecule is CCCNC(=O)[C@H](c1ccc(Cl)cc1)C(C)C. The Labute approximate surface area is 108 Å². The van der Waals surface area contributed by atoms with Crippen molar-refractivity contribution in [3.05, 3.63) is 34.9 Å². The van der Waals surface area contributed by atoms with Crippen LogP contribution in [0.3, 0.4) is 0 Å². The first-order valence-electron chi connectivity index (χ1n) is 6.09. The van der Waals surface area contributed by atoms with Crippen LogP contribution in [0.2, 0.25) is 5.02 Å². The summed E-state index contributed by atoms with van der Waals surface area (Å²) in [7, 11) is 0. The van der Waals surface area contributed by atoms with Gasteiger partial charge in [0.1, 0.15) is 0 Å². The highest BCUT2D eigenvalue weighted by Crippen LogP contribution is 2.25. The van der Waals surface area contributed by atoms with E-state index in [4.69, 9.17) is 11.6 Å². The van der Waals surface area contributed by atoms with Gasteiger partial charge in [0.15, 0.2) is 0 Å². The molecule has 1 aromatic carbocycles. The number of hydrogen-bond donors (Lipinski definition) is 1. The zero-order valence-corrected chi connectivity index (χ0v) is 11.4. The molecular formula is C14H20ClNO. The standard InChI is InChI=1S/C14H20ClNO/c1-4-9-16-14(17)13(10(2)3)11-5-7-12(15)8-6-11/h5-8,10,13H,4,9H2,1-3H3,(H,16,17)/t13-/m0/s1. The summed E-state index contributed by atoms with van der Waals surface area (Å²) in [6.45, 7) is 6.90. The Hall–Kier alpha value is -1.02. The first-order valence-corrected chi connectivity index (χ1v) is 6.47. The molecule has 0 radical (unpaired) electrons. The fourth-order valence-corrected chi connectivity index (χ4v) is 1.99.